The Morgan fingerprint density at radius 2 is 2.08 bits per heavy atom. The van der Waals surface area contributed by atoms with Crippen LogP contribution in [0.15, 0.2) is 53.5 Å². The summed E-state index contributed by atoms with van der Waals surface area (Å²) in [5, 5.41) is 3.44. The monoisotopic (exact) mass is 469 g/mol. The molecule has 2 aromatic carbocycles. The third kappa shape index (κ3) is 5.09. The molecule has 1 heterocycles. The van der Waals surface area contributed by atoms with E-state index in [0.717, 1.165) is 36.8 Å². The van der Waals surface area contributed by atoms with Crippen molar-refractivity contribution in [2.45, 2.75) is 18.9 Å². The minimum absolute atomic E-state index is 0. The van der Waals surface area contributed by atoms with E-state index in [9.17, 15) is 4.39 Å². The van der Waals surface area contributed by atoms with Gasteiger partial charge in [0.15, 0.2) is 5.96 Å². The first-order chi connectivity index (χ1) is 12.2. The summed E-state index contributed by atoms with van der Waals surface area (Å²) in [6, 6.07) is 14.9. The molecule has 1 N–H and O–H groups in total. The molecule has 26 heavy (non-hydrogen) atoms. The minimum Gasteiger partial charge on any atom is -0.493 e. The predicted octanol–water partition coefficient (Wildman–Crippen LogP) is 4.02. The molecule has 6 heteroatoms. The molecule has 3 rings (SSSR count). The summed E-state index contributed by atoms with van der Waals surface area (Å²) in [5.74, 6) is 1.95. The third-order valence-corrected chi connectivity index (χ3v) is 4.47. The van der Waals surface area contributed by atoms with Crippen molar-refractivity contribution in [1.29, 1.82) is 0 Å². The van der Waals surface area contributed by atoms with Crippen molar-refractivity contribution in [3.8, 4) is 5.75 Å². The van der Waals surface area contributed by atoms with Crippen LogP contribution in [-0.4, -0.2) is 38.1 Å². The van der Waals surface area contributed by atoms with E-state index in [-0.39, 0.29) is 29.8 Å². The summed E-state index contributed by atoms with van der Waals surface area (Å²) in [7, 11) is 3.72. The lowest BCUT2D eigenvalue weighted by atomic mass is 9.93. The highest BCUT2D eigenvalue weighted by Crippen LogP contribution is 2.32. The van der Waals surface area contributed by atoms with Crippen LogP contribution in [0.4, 0.5) is 4.39 Å². The van der Waals surface area contributed by atoms with Gasteiger partial charge in [0.25, 0.3) is 0 Å². The number of nitrogens with one attached hydrogen (secondary N) is 1. The summed E-state index contributed by atoms with van der Waals surface area (Å²) in [6.07, 6.45) is 0.981. The van der Waals surface area contributed by atoms with Crippen molar-refractivity contribution in [2.75, 3.05) is 27.2 Å². The quantitative estimate of drug-likeness (QED) is 0.418. The second kappa shape index (κ2) is 9.75. The first-order valence-corrected chi connectivity index (χ1v) is 8.55. The van der Waals surface area contributed by atoms with Gasteiger partial charge in [-0.05, 0) is 35.7 Å². The van der Waals surface area contributed by atoms with E-state index in [1.807, 2.05) is 36.2 Å². The molecule has 140 valence electrons. The topological polar surface area (TPSA) is 36.9 Å². The van der Waals surface area contributed by atoms with Crippen LogP contribution in [0.2, 0.25) is 0 Å². The third-order valence-electron chi connectivity index (χ3n) is 4.47. The summed E-state index contributed by atoms with van der Waals surface area (Å²) >= 11 is 0. The molecule has 1 unspecified atom stereocenters. The predicted molar refractivity (Wildman–Crippen MR) is 114 cm³/mol. The lowest BCUT2D eigenvalue weighted by Gasteiger charge is -2.28. The Hall–Kier alpha value is -1.83. The standard InChI is InChI=1S/C20H24FN3O.HI/c1-22-20(24(2)14-15-6-5-7-17(21)12-15)23-13-16-10-11-25-19-9-4-3-8-18(16)19;/h3-9,12,16H,10-11,13-14H2,1-2H3,(H,22,23);1H. The highest BCUT2D eigenvalue weighted by Gasteiger charge is 2.21. The van der Waals surface area contributed by atoms with E-state index in [1.165, 1.54) is 11.6 Å². The van der Waals surface area contributed by atoms with Gasteiger partial charge in [-0.1, -0.05) is 30.3 Å². The number of para-hydroxylation sites is 1. The van der Waals surface area contributed by atoms with Crippen LogP contribution >= 0.6 is 24.0 Å². The second-order valence-electron chi connectivity index (χ2n) is 6.29. The maximum absolute atomic E-state index is 13.4. The van der Waals surface area contributed by atoms with E-state index in [4.69, 9.17) is 4.74 Å². The summed E-state index contributed by atoms with van der Waals surface area (Å²) in [6.45, 7) is 2.13. The van der Waals surface area contributed by atoms with Gasteiger partial charge in [0.2, 0.25) is 0 Å². The van der Waals surface area contributed by atoms with Crippen molar-refractivity contribution < 1.29 is 9.13 Å². The number of hydrogen-bond donors (Lipinski definition) is 1. The van der Waals surface area contributed by atoms with E-state index in [0.29, 0.717) is 12.5 Å². The molecule has 0 amide bonds. The van der Waals surface area contributed by atoms with Crippen molar-refractivity contribution in [3.05, 3.63) is 65.5 Å². The van der Waals surface area contributed by atoms with Crippen molar-refractivity contribution in [3.63, 3.8) is 0 Å². The Kier molecular flexibility index (Phi) is 7.68. The van der Waals surface area contributed by atoms with Crippen LogP contribution in [0.25, 0.3) is 0 Å². The average Bonchev–Trinajstić information content (AvgIpc) is 2.62. The Morgan fingerprint density at radius 3 is 2.85 bits per heavy atom. The summed E-state index contributed by atoms with van der Waals surface area (Å²) in [4.78, 5) is 6.35. The molecule has 4 nitrogen and oxygen atoms in total. The molecule has 0 spiro atoms. The average molecular weight is 469 g/mol. The van der Waals surface area contributed by atoms with Gasteiger partial charge in [0, 0.05) is 33.1 Å². The number of benzene rings is 2. The molecule has 0 radical (unpaired) electrons. The smallest absolute Gasteiger partial charge is 0.193 e. The van der Waals surface area contributed by atoms with Gasteiger partial charge in [0.1, 0.15) is 11.6 Å². The maximum Gasteiger partial charge on any atom is 0.193 e. The van der Waals surface area contributed by atoms with Crippen LogP contribution in [0, 0.1) is 5.82 Å². The number of nitrogens with zero attached hydrogens (tertiary/aromatic N) is 2. The molecule has 1 aliphatic heterocycles. The van der Waals surface area contributed by atoms with Crippen molar-refractivity contribution in [2.24, 2.45) is 4.99 Å². The molecule has 0 bridgehead atoms. The number of guanidine groups is 1. The Balaban J connectivity index is 0.00000243. The van der Waals surface area contributed by atoms with Crippen LogP contribution in [0.3, 0.4) is 0 Å². The minimum atomic E-state index is -0.215. The van der Waals surface area contributed by atoms with Crippen LogP contribution in [0.5, 0.6) is 5.75 Å². The zero-order chi connectivity index (χ0) is 17.6. The largest absolute Gasteiger partial charge is 0.493 e. The number of hydrogen-bond acceptors (Lipinski definition) is 2. The van der Waals surface area contributed by atoms with Gasteiger partial charge in [-0.15, -0.1) is 24.0 Å². The van der Waals surface area contributed by atoms with Crippen LogP contribution in [-0.2, 0) is 6.54 Å². The number of fused-ring (bicyclic) bond motifs is 1. The fraction of sp³-hybridized carbons (Fsp3) is 0.350. The number of rotatable bonds is 4. The lowest BCUT2D eigenvalue weighted by Crippen LogP contribution is -2.40. The maximum atomic E-state index is 13.4. The van der Waals surface area contributed by atoms with Gasteiger partial charge < -0.3 is 15.0 Å². The lowest BCUT2D eigenvalue weighted by molar-refractivity contribution is 0.266. The van der Waals surface area contributed by atoms with E-state index < -0.39 is 0 Å². The molecular formula is C20H25FIN3O. The molecule has 0 aliphatic carbocycles. The molecule has 1 aliphatic rings. The highest BCUT2D eigenvalue weighted by atomic mass is 127. The molecule has 0 saturated carbocycles. The van der Waals surface area contributed by atoms with E-state index in [2.05, 4.69) is 16.4 Å². The zero-order valence-electron chi connectivity index (χ0n) is 15.1. The van der Waals surface area contributed by atoms with E-state index >= 15 is 0 Å². The SMILES string of the molecule is CN=C(NCC1CCOc2ccccc21)N(C)Cc1cccc(F)c1.I. The molecule has 0 fully saturated rings. The molecule has 1 atom stereocenters. The van der Waals surface area contributed by atoms with Gasteiger partial charge in [0.05, 0.1) is 6.61 Å². The van der Waals surface area contributed by atoms with Gasteiger partial charge in [-0.25, -0.2) is 4.39 Å². The highest BCUT2D eigenvalue weighted by molar-refractivity contribution is 14.0. The fourth-order valence-corrected chi connectivity index (χ4v) is 3.21. The number of ether oxygens (including phenoxy) is 1. The summed E-state index contributed by atoms with van der Waals surface area (Å²) in [5.41, 5.74) is 2.16. The Bertz CT molecular complexity index is 753. The van der Waals surface area contributed by atoms with Crippen molar-refractivity contribution >= 4 is 29.9 Å². The first kappa shape index (κ1) is 20.5. The van der Waals surface area contributed by atoms with Gasteiger partial charge in [-0.2, -0.15) is 0 Å². The Labute approximate surface area is 171 Å². The molecule has 2 aromatic rings. The van der Waals surface area contributed by atoms with Gasteiger partial charge >= 0.3 is 0 Å². The molecule has 0 saturated heterocycles. The zero-order valence-corrected chi connectivity index (χ0v) is 17.4. The second-order valence-corrected chi connectivity index (χ2v) is 6.29. The molecular weight excluding hydrogens is 444 g/mol. The van der Waals surface area contributed by atoms with Gasteiger partial charge in [-0.3, -0.25) is 4.99 Å². The summed E-state index contributed by atoms with van der Waals surface area (Å²) < 4.78 is 19.1. The molecule has 0 aromatic heterocycles. The van der Waals surface area contributed by atoms with E-state index in [1.54, 1.807) is 19.2 Å². The van der Waals surface area contributed by atoms with Crippen LogP contribution in [0.1, 0.15) is 23.5 Å². The first-order valence-electron chi connectivity index (χ1n) is 8.55. The normalized spacial score (nSPS) is 16.1. The van der Waals surface area contributed by atoms with Crippen LogP contribution < -0.4 is 10.1 Å². The van der Waals surface area contributed by atoms with Crippen molar-refractivity contribution in [1.82, 2.24) is 10.2 Å². The number of aliphatic imine (C=N–C) groups is 1. The Morgan fingerprint density at radius 1 is 1.27 bits per heavy atom. The number of halogens is 2. The fourth-order valence-electron chi connectivity index (χ4n) is 3.21.